The minimum absolute atomic E-state index is 0.0862. The van der Waals surface area contributed by atoms with Gasteiger partial charge in [-0.3, -0.25) is 4.79 Å². The van der Waals surface area contributed by atoms with Gasteiger partial charge in [0.05, 0.1) is 17.9 Å². The van der Waals surface area contributed by atoms with Gasteiger partial charge in [0.2, 0.25) is 15.9 Å². The van der Waals surface area contributed by atoms with Crippen LogP contribution in [0.4, 0.5) is 0 Å². The molecule has 0 aromatic heterocycles. The number of benzene rings is 3. The van der Waals surface area contributed by atoms with Crippen LogP contribution in [0.3, 0.4) is 0 Å². The highest BCUT2D eigenvalue weighted by Gasteiger charge is 2.33. The van der Waals surface area contributed by atoms with Gasteiger partial charge in [0, 0.05) is 19.6 Å². The summed E-state index contributed by atoms with van der Waals surface area (Å²) in [5.74, 6) is 0.375. The third kappa shape index (κ3) is 4.95. The Morgan fingerprint density at radius 1 is 1.06 bits per heavy atom. The molecule has 0 aliphatic carbocycles. The summed E-state index contributed by atoms with van der Waals surface area (Å²) in [4.78, 5) is 13.0. The number of methoxy groups -OCH3 is 1. The minimum atomic E-state index is -3.65. The molecule has 0 radical (unpaired) electrons. The number of fused-ring (bicyclic) bond motifs is 1. The molecule has 1 N–H and O–H groups in total. The van der Waals surface area contributed by atoms with Crippen molar-refractivity contribution in [3.63, 3.8) is 0 Å². The Balaban J connectivity index is 1.37. The summed E-state index contributed by atoms with van der Waals surface area (Å²) in [6.45, 7) is 1.16. The molecule has 168 valence electrons. The van der Waals surface area contributed by atoms with Crippen LogP contribution in [-0.4, -0.2) is 45.4 Å². The van der Waals surface area contributed by atoms with Gasteiger partial charge in [-0.1, -0.05) is 42.5 Å². The van der Waals surface area contributed by atoms with Crippen molar-refractivity contribution in [2.75, 3.05) is 26.7 Å². The van der Waals surface area contributed by atoms with Crippen LogP contribution >= 0.6 is 0 Å². The Morgan fingerprint density at radius 3 is 2.56 bits per heavy atom. The quantitative estimate of drug-likeness (QED) is 0.594. The predicted octanol–water partition coefficient (Wildman–Crippen LogP) is 3.61. The van der Waals surface area contributed by atoms with E-state index in [-0.39, 0.29) is 23.3 Å². The molecule has 1 unspecified atom stereocenters. The molecule has 1 atom stereocenters. The Bertz CT molecular complexity index is 1190. The number of hydrogen-bond donors (Lipinski definition) is 1. The second-order valence-corrected chi connectivity index (χ2v) is 10.0. The molecule has 4 rings (SSSR count). The Labute approximate surface area is 189 Å². The maximum absolute atomic E-state index is 13.2. The molecule has 1 amide bonds. The van der Waals surface area contributed by atoms with Crippen molar-refractivity contribution in [2.24, 2.45) is 5.92 Å². The molecular formula is C25H28N2O4S. The van der Waals surface area contributed by atoms with Crippen molar-refractivity contribution < 1.29 is 17.9 Å². The maximum Gasteiger partial charge on any atom is 0.243 e. The summed E-state index contributed by atoms with van der Waals surface area (Å²) in [7, 11) is -2.02. The van der Waals surface area contributed by atoms with Crippen molar-refractivity contribution in [2.45, 2.75) is 24.2 Å². The number of rotatable bonds is 7. The van der Waals surface area contributed by atoms with E-state index in [1.165, 1.54) is 4.31 Å². The first-order valence-corrected chi connectivity index (χ1v) is 12.3. The smallest absolute Gasteiger partial charge is 0.243 e. The van der Waals surface area contributed by atoms with Gasteiger partial charge < -0.3 is 10.1 Å². The van der Waals surface area contributed by atoms with Crippen molar-refractivity contribution in [3.8, 4) is 5.75 Å². The van der Waals surface area contributed by atoms with Gasteiger partial charge in [-0.05, 0) is 59.9 Å². The predicted molar refractivity (Wildman–Crippen MR) is 125 cm³/mol. The Morgan fingerprint density at radius 2 is 1.81 bits per heavy atom. The molecule has 1 heterocycles. The van der Waals surface area contributed by atoms with Gasteiger partial charge in [0.25, 0.3) is 0 Å². The van der Waals surface area contributed by atoms with E-state index in [0.717, 1.165) is 22.1 Å². The molecule has 0 spiro atoms. The summed E-state index contributed by atoms with van der Waals surface area (Å²) in [5, 5.41) is 4.86. The van der Waals surface area contributed by atoms with Gasteiger partial charge in [-0.25, -0.2) is 8.42 Å². The molecule has 32 heavy (non-hydrogen) atoms. The second-order valence-electron chi connectivity index (χ2n) is 8.10. The molecule has 7 heteroatoms. The Kier molecular flexibility index (Phi) is 6.77. The van der Waals surface area contributed by atoms with E-state index in [0.29, 0.717) is 32.4 Å². The molecular weight excluding hydrogens is 424 g/mol. The topological polar surface area (TPSA) is 75.7 Å². The van der Waals surface area contributed by atoms with Crippen molar-refractivity contribution in [1.29, 1.82) is 0 Å². The number of carbonyl (C=O) groups is 1. The molecule has 0 bridgehead atoms. The van der Waals surface area contributed by atoms with Crippen molar-refractivity contribution in [3.05, 3.63) is 72.3 Å². The van der Waals surface area contributed by atoms with Crippen LogP contribution in [0.1, 0.15) is 18.4 Å². The van der Waals surface area contributed by atoms with E-state index in [9.17, 15) is 13.2 Å². The zero-order valence-electron chi connectivity index (χ0n) is 18.2. The zero-order valence-corrected chi connectivity index (χ0v) is 19.0. The zero-order chi connectivity index (χ0) is 22.6. The van der Waals surface area contributed by atoms with E-state index in [1.54, 1.807) is 19.2 Å². The minimum Gasteiger partial charge on any atom is -0.497 e. The fourth-order valence-electron chi connectivity index (χ4n) is 4.12. The average Bonchev–Trinajstić information content (AvgIpc) is 2.84. The fourth-order valence-corrected chi connectivity index (χ4v) is 5.68. The van der Waals surface area contributed by atoms with E-state index >= 15 is 0 Å². The third-order valence-electron chi connectivity index (χ3n) is 5.99. The number of nitrogens with zero attached hydrogens (tertiary/aromatic N) is 1. The molecule has 6 nitrogen and oxygen atoms in total. The molecule has 3 aromatic rings. The normalized spacial score (nSPS) is 17.2. The van der Waals surface area contributed by atoms with Crippen LogP contribution in [0.25, 0.3) is 10.8 Å². The highest BCUT2D eigenvalue weighted by molar-refractivity contribution is 7.89. The van der Waals surface area contributed by atoms with Gasteiger partial charge in [-0.15, -0.1) is 0 Å². The van der Waals surface area contributed by atoms with Gasteiger partial charge >= 0.3 is 0 Å². The summed E-state index contributed by atoms with van der Waals surface area (Å²) in [5.41, 5.74) is 1.11. The van der Waals surface area contributed by atoms with Gasteiger partial charge in [0.1, 0.15) is 5.75 Å². The van der Waals surface area contributed by atoms with Crippen molar-refractivity contribution >= 4 is 26.7 Å². The highest BCUT2D eigenvalue weighted by atomic mass is 32.2. The van der Waals surface area contributed by atoms with Crippen LogP contribution in [0.5, 0.6) is 5.75 Å². The fraction of sp³-hybridized carbons (Fsp3) is 0.320. The molecule has 1 aliphatic rings. The first kappa shape index (κ1) is 22.3. The lowest BCUT2D eigenvalue weighted by Crippen LogP contribution is -2.45. The lowest BCUT2D eigenvalue weighted by atomic mass is 9.99. The summed E-state index contributed by atoms with van der Waals surface area (Å²) < 4.78 is 33.1. The largest absolute Gasteiger partial charge is 0.497 e. The van der Waals surface area contributed by atoms with Crippen LogP contribution in [0, 0.1) is 5.92 Å². The lowest BCUT2D eigenvalue weighted by molar-refractivity contribution is -0.126. The molecule has 1 aliphatic heterocycles. The SMILES string of the molecule is COc1ccc(CCNC(=O)C2CCCN(S(=O)(=O)c3ccc4ccccc4c3)C2)cc1. The number of nitrogens with one attached hydrogen (secondary N) is 1. The summed E-state index contributed by atoms with van der Waals surface area (Å²) >= 11 is 0. The monoisotopic (exact) mass is 452 g/mol. The Hall–Kier alpha value is -2.90. The van der Waals surface area contributed by atoms with E-state index < -0.39 is 10.0 Å². The molecule has 1 saturated heterocycles. The van der Waals surface area contributed by atoms with Crippen LogP contribution in [0.2, 0.25) is 0 Å². The van der Waals surface area contributed by atoms with Crippen LogP contribution < -0.4 is 10.1 Å². The first-order chi connectivity index (χ1) is 15.5. The third-order valence-corrected chi connectivity index (χ3v) is 7.85. The standard InChI is InChI=1S/C25H28N2O4S/c1-31-23-11-8-19(9-12-23)14-15-26-25(28)22-7-4-16-27(18-22)32(29,30)24-13-10-20-5-2-3-6-21(20)17-24/h2-3,5-6,8-13,17,22H,4,7,14-16,18H2,1H3,(H,26,28). The average molecular weight is 453 g/mol. The lowest BCUT2D eigenvalue weighted by Gasteiger charge is -2.31. The van der Waals surface area contributed by atoms with Gasteiger partial charge in [-0.2, -0.15) is 4.31 Å². The van der Waals surface area contributed by atoms with Crippen molar-refractivity contribution in [1.82, 2.24) is 9.62 Å². The van der Waals surface area contributed by atoms with E-state index in [4.69, 9.17) is 4.74 Å². The number of hydrogen-bond acceptors (Lipinski definition) is 4. The number of carbonyl (C=O) groups excluding carboxylic acids is 1. The van der Waals surface area contributed by atoms with Gasteiger partial charge in [0.15, 0.2) is 0 Å². The number of piperidine rings is 1. The molecule has 0 saturated carbocycles. The van der Waals surface area contributed by atoms with E-state index in [1.807, 2.05) is 54.6 Å². The van der Waals surface area contributed by atoms with Crippen LogP contribution in [0.15, 0.2) is 71.6 Å². The highest BCUT2D eigenvalue weighted by Crippen LogP contribution is 2.26. The number of ether oxygens (including phenoxy) is 1. The molecule has 3 aromatic carbocycles. The first-order valence-electron chi connectivity index (χ1n) is 10.9. The summed E-state index contributed by atoms with van der Waals surface area (Å²) in [6, 6.07) is 20.6. The number of amides is 1. The maximum atomic E-state index is 13.2. The molecule has 1 fully saturated rings. The second kappa shape index (κ2) is 9.71. The number of sulfonamides is 1. The van der Waals surface area contributed by atoms with E-state index in [2.05, 4.69) is 5.32 Å². The summed E-state index contributed by atoms with van der Waals surface area (Å²) in [6.07, 6.45) is 2.07. The van der Waals surface area contributed by atoms with Crippen LogP contribution in [-0.2, 0) is 21.2 Å².